The van der Waals surface area contributed by atoms with E-state index < -0.39 is 5.41 Å². The zero-order valence-electron chi connectivity index (χ0n) is 12.6. The fourth-order valence-corrected chi connectivity index (χ4v) is 1.95. The molecule has 1 atom stereocenters. The number of hydrogen-bond donors (Lipinski definition) is 1. The predicted octanol–water partition coefficient (Wildman–Crippen LogP) is 2.23. The lowest BCUT2D eigenvalue weighted by Crippen LogP contribution is -2.31. The van der Waals surface area contributed by atoms with Gasteiger partial charge in [-0.05, 0) is 11.8 Å². The van der Waals surface area contributed by atoms with Crippen molar-refractivity contribution in [1.82, 2.24) is 14.8 Å². The summed E-state index contributed by atoms with van der Waals surface area (Å²) >= 11 is 0. The highest BCUT2D eigenvalue weighted by Crippen LogP contribution is 2.31. The first kappa shape index (κ1) is 15.8. The summed E-state index contributed by atoms with van der Waals surface area (Å²) in [5, 5.41) is 13.4. The summed E-state index contributed by atoms with van der Waals surface area (Å²) < 4.78 is 1.75. The molecule has 1 N–H and O–H groups in total. The van der Waals surface area contributed by atoms with Crippen molar-refractivity contribution >= 4 is 5.78 Å². The third-order valence-corrected chi connectivity index (χ3v) is 3.23. The van der Waals surface area contributed by atoms with Crippen LogP contribution in [0.15, 0.2) is 12.7 Å². The van der Waals surface area contributed by atoms with Gasteiger partial charge in [-0.1, -0.05) is 34.6 Å². The monoisotopic (exact) mass is 267 g/mol. The van der Waals surface area contributed by atoms with E-state index in [2.05, 4.69) is 30.9 Å². The first-order valence-electron chi connectivity index (χ1n) is 6.64. The van der Waals surface area contributed by atoms with Crippen LogP contribution in [0.4, 0.5) is 0 Å². The van der Waals surface area contributed by atoms with Crippen LogP contribution in [0.2, 0.25) is 0 Å². The molecule has 0 aliphatic heterocycles. The van der Waals surface area contributed by atoms with E-state index in [1.165, 1.54) is 6.33 Å². The van der Waals surface area contributed by atoms with Crippen molar-refractivity contribution in [1.29, 1.82) is 0 Å². The van der Waals surface area contributed by atoms with Gasteiger partial charge in [0.1, 0.15) is 18.4 Å². The minimum atomic E-state index is -0.698. The molecule has 0 radical (unpaired) electrons. The number of carbonyl (C=O) groups excluding carboxylic acids is 1. The van der Waals surface area contributed by atoms with Crippen molar-refractivity contribution in [2.45, 2.75) is 53.5 Å². The fraction of sp³-hybridized carbons (Fsp3) is 0.786. The Balaban J connectivity index is 2.85. The first-order valence-corrected chi connectivity index (χ1v) is 6.64. The van der Waals surface area contributed by atoms with Gasteiger partial charge >= 0.3 is 0 Å². The smallest absolute Gasteiger partial charge is 0.142 e. The van der Waals surface area contributed by atoms with E-state index in [1.807, 2.05) is 0 Å². The second-order valence-corrected chi connectivity index (χ2v) is 6.96. The number of carbonyl (C=O) groups is 1. The van der Waals surface area contributed by atoms with E-state index in [-0.39, 0.29) is 23.8 Å². The number of aliphatic hydroxyl groups is 1. The van der Waals surface area contributed by atoms with Crippen LogP contribution < -0.4 is 0 Å². The summed E-state index contributed by atoms with van der Waals surface area (Å²) in [6, 6.07) is -0.0131. The molecule has 108 valence electrons. The quantitative estimate of drug-likeness (QED) is 0.858. The summed E-state index contributed by atoms with van der Waals surface area (Å²) in [4.78, 5) is 16.2. The average molecular weight is 267 g/mol. The van der Waals surface area contributed by atoms with Gasteiger partial charge in [-0.3, -0.25) is 4.79 Å². The zero-order chi connectivity index (χ0) is 14.7. The molecule has 0 aliphatic rings. The van der Waals surface area contributed by atoms with Crippen LogP contribution in [-0.4, -0.2) is 32.3 Å². The van der Waals surface area contributed by atoms with Gasteiger partial charge in [0.15, 0.2) is 0 Å². The number of rotatable bonds is 6. The van der Waals surface area contributed by atoms with E-state index in [0.29, 0.717) is 6.42 Å². The summed E-state index contributed by atoms with van der Waals surface area (Å²) in [7, 11) is 0. The lowest BCUT2D eigenvalue weighted by Gasteiger charge is -2.28. The lowest BCUT2D eigenvalue weighted by molar-refractivity contribution is -0.130. The minimum absolute atomic E-state index is 0.0131. The van der Waals surface area contributed by atoms with Gasteiger partial charge < -0.3 is 5.11 Å². The van der Waals surface area contributed by atoms with Crippen LogP contribution in [0.1, 0.15) is 53.5 Å². The average Bonchev–Trinajstić information content (AvgIpc) is 2.79. The number of aliphatic hydroxyl groups excluding tert-OH is 1. The molecule has 0 fully saturated rings. The van der Waals surface area contributed by atoms with E-state index in [4.69, 9.17) is 0 Å². The SMILES string of the molecule is CC(C)(C)CC(CC(=O)C(C)(C)CO)n1cncn1. The van der Waals surface area contributed by atoms with Crippen molar-refractivity contribution in [3.63, 3.8) is 0 Å². The minimum Gasteiger partial charge on any atom is -0.395 e. The second-order valence-electron chi connectivity index (χ2n) is 6.96. The van der Waals surface area contributed by atoms with E-state index in [0.717, 1.165) is 6.42 Å². The third kappa shape index (κ3) is 4.74. The third-order valence-electron chi connectivity index (χ3n) is 3.23. The van der Waals surface area contributed by atoms with Crippen LogP contribution in [-0.2, 0) is 4.79 Å². The number of hydrogen-bond acceptors (Lipinski definition) is 4. The van der Waals surface area contributed by atoms with Gasteiger partial charge in [-0.25, -0.2) is 9.67 Å². The zero-order valence-corrected chi connectivity index (χ0v) is 12.6. The Kier molecular flexibility index (Phi) is 4.85. The van der Waals surface area contributed by atoms with E-state index in [1.54, 1.807) is 24.9 Å². The molecule has 0 aromatic carbocycles. The van der Waals surface area contributed by atoms with Crippen molar-refractivity contribution in [3.05, 3.63) is 12.7 Å². The molecule has 0 aliphatic carbocycles. The van der Waals surface area contributed by atoms with Crippen LogP contribution in [0.25, 0.3) is 0 Å². The maximum atomic E-state index is 12.3. The normalized spacial score (nSPS) is 14.4. The second kappa shape index (κ2) is 5.82. The summed E-state index contributed by atoms with van der Waals surface area (Å²) in [6.45, 7) is 9.82. The molecule has 0 saturated carbocycles. The number of ketones is 1. The van der Waals surface area contributed by atoms with Crippen LogP contribution in [0.3, 0.4) is 0 Å². The van der Waals surface area contributed by atoms with Crippen LogP contribution >= 0.6 is 0 Å². The standard InChI is InChI=1S/C14H25N3O2/c1-13(2,3)7-11(17-10-15-9-16-17)6-12(19)14(4,5)8-18/h9-11,18H,6-8H2,1-5H3. The van der Waals surface area contributed by atoms with Crippen molar-refractivity contribution < 1.29 is 9.90 Å². The van der Waals surface area contributed by atoms with Crippen LogP contribution in [0, 0.1) is 10.8 Å². The van der Waals surface area contributed by atoms with Gasteiger partial charge in [0.2, 0.25) is 0 Å². The molecule has 1 aromatic rings. The molecule has 5 heteroatoms. The van der Waals surface area contributed by atoms with Crippen molar-refractivity contribution in [3.8, 4) is 0 Å². The Morgan fingerprint density at radius 2 is 1.95 bits per heavy atom. The molecule has 19 heavy (non-hydrogen) atoms. The lowest BCUT2D eigenvalue weighted by atomic mass is 9.81. The highest BCUT2D eigenvalue weighted by molar-refractivity contribution is 5.84. The molecule has 5 nitrogen and oxygen atoms in total. The maximum absolute atomic E-state index is 12.3. The number of aromatic nitrogens is 3. The molecule has 0 spiro atoms. The Morgan fingerprint density at radius 3 is 2.37 bits per heavy atom. The molecular formula is C14H25N3O2. The first-order chi connectivity index (χ1) is 8.65. The molecule has 0 amide bonds. The van der Waals surface area contributed by atoms with Crippen molar-refractivity contribution in [2.75, 3.05) is 6.61 Å². The van der Waals surface area contributed by atoms with Crippen molar-refractivity contribution in [2.24, 2.45) is 10.8 Å². The Bertz CT molecular complexity index is 405. The summed E-state index contributed by atoms with van der Waals surface area (Å²) in [5.41, 5.74) is -0.600. The fourth-order valence-electron chi connectivity index (χ4n) is 1.95. The summed E-state index contributed by atoms with van der Waals surface area (Å²) in [6.07, 6.45) is 4.34. The molecule has 1 rings (SSSR count). The molecule has 1 aromatic heterocycles. The largest absolute Gasteiger partial charge is 0.395 e. The molecule has 0 saturated heterocycles. The number of nitrogens with zero attached hydrogens (tertiary/aromatic N) is 3. The van der Waals surface area contributed by atoms with Crippen LogP contribution in [0.5, 0.6) is 0 Å². The van der Waals surface area contributed by atoms with Gasteiger partial charge in [-0.2, -0.15) is 5.10 Å². The summed E-state index contributed by atoms with van der Waals surface area (Å²) in [5.74, 6) is 0.0553. The van der Waals surface area contributed by atoms with E-state index >= 15 is 0 Å². The van der Waals surface area contributed by atoms with Gasteiger partial charge in [0.25, 0.3) is 0 Å². The Labute approximate surface area is 115 Å². The topological polar surface area (TPSA) is 68.0 Å². The Hall–Kier alpha value is -1.23. The highest BCUT2D eigenvalue weighted by Gasteiger charge is 2.31. The highest BCUT2D eigenvalue weighted by atomic mass is 16.3. The van der Waals surface area contributed by atoms with Gasteiger partial charge in [0, 0.05) is 11.8 Å². The van der Waals surface area contributed by atoms with E-state index in [9.17, 15) is 9.90 Å². The molecule has 1 heterocycles. The van der Waals surface area contributed by atoms with Gasteiger partial charge in [0.05, 0.1) is 12.6 Å². The maximum Gasteiger partial charge on any atom is 0.142 e. The Morgan fingerprint density at radius 1 is 1.32 bits per heavy atom. The molecule has 0 bridgehead atoms. The van der Waals surface area contributed by atoms with Gasteiger partial charge in [-0.15, -0.1) is 0 Å². The predicted molar refractivity (Wildman–Crippen MR) is 73.6 cm³/mol. The molecular weight excluding hydrogens is 242 g/mol. The molecule has 1 unspecified atom stereocenters. The number of Topliss-reactive ketones (excluding diaryl/α,β-unsaturated/α-hetero) is 1.